The average Bonchev–Trinajstić information content (AvgIpc) is 2.79. The van der Waals surface area contributed by atoms with Crippen molar-refractivity contribution in [2.45, 2.75) is 45.8 Å². The van der Waals surface area contributed by atoms with Crippen molar-refractivity contribution in [3.63, 3.8) is 0 Å². The van der Waals surface area contributed by atoms with Gasteiger partial charge in [0.25, 0.3) is 5.91 Å². The molecule has 0 atom stereocenters. The van der Waals surface area contributed by atoms with Crippen LogP contribution in [-0.4, -0.2) is 34.9 Å². The largest absolute Gasteiger partial charge is 0.459 e. The van der Waals surface area contributed by atoms with Crippen LogP contribution in [0.2, 0.25) is 0 Å². The van der Waals surface area contributed by atoms with Gasteiger partial charge in [0.1, 0.15) is 18.7 Å². The van der Waals surface area contributed by atoms with Gasteiger partial charge in [0.05, 0.1) is 0 Å². The first-order valence-corrected chi connectivity index (χ1v) is 7.77. The van der Waals surface area contributed by atoms with Crippen LogP contribution >= 0.6 is 0 Å². The number of esters is 1. The zero-order valence-electron chi connectivity index (χ0n) is 13.7. The molecule has 6 heteroatoms. The molecule has 1 heterocycles. The fraction of sp³-hybridized carbons (Fsp3) is 0.471. The van der Waals surface area contributed by atoms with E-state index in [1.165, 1.54) is 0 Å². The molecule has 1 saturated heterocycles. The van der Waals surface area contributed by atoms with Crippen LogP contribution in [0, 0.1) is 6.92 Å². The molecule has 1 aromatic carbocycles. The zero-order valence-corrected chi connectivity index (χ0v) is 13.7. The van der Waals surface area contributed by atoms with E-state index < -0.39 is 17.5 Å². The lowest BCUT2D eigenvalue weighted by Crippen LogP contribution is -2.46. The van der Waals surface area contributed by atoms with E-state index in [1.807, 2.05) is 45.0 Å². The van der Waals surface area contributed by atoms with E-state index in [4.69, 9.17) is 4.74 Å². The summed E-state index contributed by atoms with van der Waals surface area (Å²) in [5.41, 5.74) is 1.08. The number of carbonyl (C=O) groups excluding carboxylic acids is 3. The number of ether oxygens (including phenoxy) is 1. The lowest BCUT2D eigenvalue weighted by atomic mass is 9.93. The van der Waals surface area contributed by atoms with Gasteiger partial charge < -0.3 is 10.1 Å². The number of rotatable bonds is 6. The highest BCUT2D eigenvalue weighted by Crippen LogP contribution is 2.24. The highest BCUT2D eigenvalue weighted by molar-refractivity contribution is 6.08. The van der Waals surface area contributed by atoms with Gasteiger partial charge in [-0.1, -0.05) is 43.7 Å². The number of carbonyl (C=O) groups is 3. The van der Waals surface area contributed by atoms with Crippen LogP contribution < -0.4 is 5.32 Å². The SMILES string of the molecule is CCC1(CC)NC(=O)N(CC(=O)OCc2ccc(C)cc2)C1=O. The summed E-state index contributed by atoms with van der Waals surface area (Å²) in [7, 11) is 0. The number of nitrogens with zero attached hydrogens (tertiary/aromatic N) is 1. The molecular formula is C17H22N2O4. The average molecular weight is 318 g/mol. The van der Waals surface area contributed by atoms with Gasteiger partial charge in [-0.3, -0.25) is 14.5 Å². The maximum atomic E-state index is 12.4. The number of imide groups is 1. The van der Waals surface area contributed by atoms with Crippen molar-refractivity contribution in [1.29, 1.82) is 0 Å². The maximum absolute atomic E-state index is 12.4. The second kappa shape index (κ2) is 6.81. The monoisotopic (exact) mass is 318 g/mol. The molecule has 124 valence electrons. The van der Waals surface area contributed by atoms with E-state index in [9.17, 15) is 14.4 Å². The van der Waals surface area contributed by atoms with Crippen molar-refractivity contribution >= 4 is 17.9 Å². The van der Waals surface area contributed by atoms with Crippen molar-refractivity contribution in [1.82, 2.24) is 10.2 Å². The molecule has 2 rings (SSSR count). The Labute approximate surface area is 135 Å². The molecule has 0 aliphatic carbocycles. The number of aryl methyl sites for hydroxylation is 1. The third-order valence-corrected chi connectivity index (χ3v) is 4.26. The van der Waals surface area contributed by atoms with Gasteiger partial charge in [-0.05, 0) is 25.3 Å². The predicted molar refractivity (Wildman–Crippen MR) is 84.5 cm³/mol. The lowest BCUT2D eigenvalue weighted by Gasteiger charge is -2.22. The second-order valence-corrected chi connectivity index (χ2v) is 5.76. The normalized spacial score (nSPS) is 16.4. The first kappa shape index (κ1) is 17.0. The molecule has 0 radical (unpaired) electrons. The van der Waals surface area contributed by atoms with Crippen LogP contribution in [0.25, 0.3) is 0 Å². The molecule has 0 spiro atoms. The standard InChI is InChI=1S/C17H22N2O4/c1-4-17(5-2)15(21)19(16(22)18-17)10-14(20)23-11-13-8-6-12(3)7-9-13/h6-9H,4-5,10-11H2,1-3H3,(H,18,22). The van der Waals surface area contributed by atoms with E-state index >= 15 is 0 Å². The van der Waals surface area contributed by atoms with Crippen LogP contribution in [0.5, 0.6) is 0 Å². The fourth-order valence-corrected chi connectivity index (χ4v) is 2.57. The van der Waals surface area contributed by atoms with Gasteiger partial charge in [-0.25, -0.2) is 4.79 Å². The number of hydrogen-bond acceptors (Lipinski definition) is 4. The molecule has 0 bridgehead atoms. The Morgan fingerprint density at radius 1 is 1.17 bits per heavy atom. The van der Waals surface area contributed by atoms with Crippen molar-refractivity contribution in [3.8, 4) is 0 Å². The molecule has 1 aliphatic rings. The van der Waals surface area contributed by atoms with Crippen molar-refractivity contribution < 1.29 is 19.1 Å². The molecule has 1 aromatic rings. The highest BCUT2D eigenvalue weighted by atomic mass is 16.5. The number of nitrogens with one attached hydrogen (secondary N) is 1. The molecule has 23 heavy (non-hydrogen) atoms. The molecule has 1 fully saturated rings. The fourth-order valence-electron chi connectivity index (χ4n) is 2.57. The van der Waals surface area contributed by atoms with Crippen LogP contribution in [-0.2, 0) is 20.9 Å². The Balaban J connectivity index is 1.93. The Hall–Kier alpha value is -2.37. The van der Waals surface area contributed by atoms with E-state index in [2.05, 4.69) is 5.32 Å². The highest BCUT2D eigenvalue weighted by Gasteiger charge is 2.49. The Kier molecular flexibility index (Phi) is 5.03. The van der Waals surface area contributed by atoms with Gasteiger partial charge in [-0.15, -0.1) is 0 Å². The van der Waals surface area contributed by atoms with Gasteiger partial charge >= 0.3 is 12.0 Å². The number of urea groups is 1. The first-order chi connectivity index (χ1) is 10.9. The Bertz CT molecular complexity index is 606. The minimum atomic E-state index is -0.895. The molecule has 3 amide bonds. The summed E-state index contributed by atoms with van der Waals surface area (Å²) in [6.07, 6.45) is 0.978. The summed E-state index contributed by atoms with van der Waals surface area (Å²) in [6.45, 7) is 5.40. The first-order valence-electron chi connectivity index (χ1n) is 7.77. The summed E-state index contributed by atoms with van der Waals surface area (Å²) in [5, 5.41) is 2.68. The van der Waals surface area contributed by atoms with E-state index in [0.717, 1.165) is 16.0 Å². The minimum absolute atomic E-state index is 0.120. The van der Waals surface area contributed by atoms with Crippen LogP contribution in [0.4, 0.5) is 4.79 Å². The predicted octanol–water partition coefficient (Wildman–Crippen LogP) is 2.15. The third kappa shape index (κ3) is 3.52. The van der Waals surface area contributed by atoms with Gasteiger partial charge in [0.15, 0.2) is 0 Å². The number of benzene rings is 1. The second-order valence-electron chi connectivity index (χ2n) is 5.76. The number of amides is 3. The van der Waals surface area contributed by atoms with Crippen molar-refractivity contribution in [2.75, 3.05) is 6.54 Å². The minimum Gasteiger partial charge on any atom is -0.459 e. The zero-order chi connectivity index (χ0) is 17.0. The molecule has 6 nitrogen and oxygen atoms in total. The molecule has 0 aromatic heterocycles. The van der Waals surface area contributed by atoms with Crippen LogP contribution in [0.1, 0.15) is 37.8 Å². The topological polar surface area (TPSA) is 75.7 Å². The van der Waals surface area contributed by atoms with Gasteiger partial charge in [-0.2, -0.15) is 0 Å². The molecular weight excluding hydrogens is 296 g/mol. The summed E-state index contributed by atoms with van der Waals surface area (Å²) in [4.78, 5) is 37.2. The van der Waals surface area contributed by atoms with Crippen molar-refractivity contribution in [2.24, 2.45) is 0 Å². The summed E-state index contributed by atoms with van der Waals surface area (Å²) < 4.78 is 5.15. The molecule has 0 saturated carbocycles. The van der Waals surface area contributed by atoms with Crippen molar-refractivity contribution in [3.05, 3.63) is 35.4 Å². The summed E-state index contributed by atoms with van der Waals surface area (Å²) in [6, 6.07) is 7.06. The van der Waals surface area contributed by atoms with E-state index in [-0.39, 0.29) is 19.1 Å². The lowest BCUT2D eigenvalue weighted by molar-refractivity contribution is -0.148. The summed E-state index contributed by atoms with van der Waals surface area (Å²) in [5.74, 6) is -0.961. The smallest absolute Gasteiger partial charge is 0.326 e. The molecule has 1 N–H and O–H groups in total. The Morgan fingerprint density at radius 2 is 1.78 bits per heavy atom. The van der Waals surface area contributed by atoms with Gasteiger partial charge in [0.2, 0.25) is 0 Å². The third-order valence-electron chi connectivity index (χ3n) is 4.26. The summed E-state index contributed by atoms with van der Waals surface area (Å²) >= 11 is 0. The molecule has 0 unspecified atom stereocenters. The number of hydrogen-bond donors (Lipinski definition) is 1. The van der Waals surface area contributed by atoms with Crippen LogP contribution in [0.15, 0.2) is 24.3 Å². The maximum Gasteiger partial charge on any atom is 0.326 e. The van der Waals surface area contributed by atoms with E-state index in [1.54, 1.807) is 0 Å². The van der Waals surface area contributed by atoms with Gasteiger partial charge in [0, 0.05) is 0 Å². The van der Waals surface area contributed by atoms with E-state index in [0.29, 0.717) is 12.8 Å². The van der Waals surface area contributed by atoms with Crippen LogP contribution in [0.3, 0.4) is 0 Å². The quantitative estimate of drug-likeness (QED) is 0.644. The molecule has 1 aliphatic heterocycles. The Morgan fingerprint density at radius 3 is 2.30 bits per heavy atom.